The number of amides is 1. The molecule has 1 aliphatic heterocycles. The second kappa shape index (κ2) is 6.25. The van der Waals surface area contributed by atoms with Crippen molar-refractivity contribution >= 4 is 18.3 Å². The van der Waals surface area contributed by atoms with Gasteiger partial charge in [0.1, 0.15) is 11.5 Å². The minimum absolute atomic E-state index is 0. The highest BCUT2D eigenvalue weighted by molar-refractivity contribution is 5.95. The molecule has 1 aromatic heterocycles. The lowest BCUT2D eigenvalue weighted by molar-refractivity contribution is 0.0913. The smallest absolute Gasteiger partial charge is 0.255 e. The van der Waals surface area contributed by atoms with E-state index in [0.29, 0.717) is 17.2 Å². The van der Waals surface area contributed by atoms with E-state index in [1.54, 1.807) is 6.07 Å². The monoisotopic (exact) mass is 272 g/mol. The standard InChI is InChI=1S/C13H20N2O2.ClH/c1-8-4-5-14-7-12(8)15-13(16)11-6-9(2)17-10(11)3;/h6,8,12,14H,4-5,7H2,1-3H3,(H,15,16);1H. The van der Waals surface area contributed by atoms with Crippen LogP contribution in [0.25, 0.3) is 0 Å². The summed E-state index contributed by atoms with van der Waals surface area (Å²) in [7, 11) is 0. The first-order chi connectivity index (χ1) is 8.08. The summed E-state index contributed by atoms with van der Waals surface area (Å²) in [5, 5.41) is 6.38. The molecule has 1 aromatic rings. The summed E-state index contributed by atoms with van der Waals surface area (Å²) in [4.78, 5) is 12.1. The van der Waals surface area contributed by atoms with Crippen LogP contribution in [0.4, 0.5) is 0 Å². The van der Waals surface area contributed by atoms with Crippen molar-refractivity contribution in [1.82, 2.24) is 10.6 Å². The lowest BCUT2D eigenvalue weighted by Crippen LogP contribution is -2.50. The Bertz CT molecular complexity index is 417. The van der Waals surface area contributed by atoms with Crippen LogP contribution in [-0.4, -0.2) is 25.0 Å². The van der Waals surface area contributed by atoms with Crippen LogP contribution in [0.3, 0.4) is 0 Å². The molecule has 0 saturated carbocycles. The van der Waals surface area contributed by atoms with Gasteiger partial charge in [-0.15, -0.1) is 12.4 Å². The van der Waals surface area contributed by atoms with Crippen LogP contribution in [0.1, 0.15) is 35.2 Å². The van der Waals surface area contributed by atoms with E-state index in [-0.39, 0.29) is 24.4 Å². The third-order valence-electron chi connectivity index (χ3n) is 3.43. The Balaban J connectivity index is 0.00000162. The largest absolute Gasteiger partial charge is 0.466 e. The Morgan fingerprint density at radius 3 is 2.78 bits per heavy atom. The van der Waals surface area contributed by atoms with Gasteiger partial charge in [0.25, 0.3) is 5.91 Å². The molecule has 1 fully saturated rings. The van der Waals surface area contributed by atoms with E-state index < -0.39 is 0 Å². The third-order valence-corrected chi connectivity index (χ3v) is 3.43. The number of hydrogen-bond donors (Lipinski definition) is 2. The van der Waals surface area contributed by atoms with Gasteiger partial charge in [0, 0.05) is 12.6 Å². The van der Waals surface area contributed by atoms with Crippen molar-refractivity contribution in [3.63, 3.8) is 0 Å². The Labute approximate surface area is 114 Å². The SMILES string of the molecule is Cc1cc(C(=O)NC2CNCCC2C)c(C)o1.Cl. The third kappa shape index (κ3) is 3.27. The first-order valence-corrected chi connectivity index (χ1v) is 6.16. The zero-order chi connectivity index (χ0) is 12.4. The van der Waals surface area contributed by atoms with Gasteiger partial charge in [0.2, 0.25) is 0 Å². The molecule has 0 aromatic carbocycles. The Morgan fingerprint density at radius 1 is 1.50 bits per heavy atom. The fraction of sp³-hybridized carbons (Fsp3) is 0.615. The number of halogens is 1. The van der Waals surface area contributed by atoms with Crippen LogP contribution in [0, 0.1) is 19.8 Å². The molecule has 2 unspecified atom stereocenters. The second-order valence-electron chi connectivity index (χ2n) is 4.88. The average molecular weight is 273 g/mol. The van der Waals surface area contributed by atoms with Crippen molar-refractivity contribution in [3.05, 3.63) is 23.2 Å². The predicted octanol–water partition coefficient (Wildman–Crippen LogP) is 2.05. The molecule has 0 aliphatic carbocycles. The van der Waals surface area contributed by atoms with Gasteiger partial charge < -0.3 is 15.1 Å². The molecule has 5 heteroatoms. The maximum atomic E-state index is 12.1. The van der Waals surface area contributed by atoms with Crippen molar-refractivity contribution in [1.29, 1.82) is 0 Å². The van der Waals surface area contributed by atoms with Crippen molar-refractivity contribution in [2.45, 2.75) is 33.2 Å². The van der Waals surface area contributed by atoms with Crippen LogP contribution in [-0.2, 0) is 0 Å². The van der Waals surface area contributed by atoms with Gasteiger partial charge in [0.15, 0.2) is 0 Å². The van der Waals surface area contributed by atoms with Crippen molar-refractivity contribution in [2.75, 3.05) is 13.1 Å². The van der Waals surface area contributed by atoms with Gasteiger partial charge in [-0.25, -0.2) is 0 Å². The van der Waals surface area contributed by atoms with E-state index in [9.17, 15) is 4.79 Å². The molecule has 1 aliphatic rings. The maximum absolute atomic E-state index is 12.1. The molecule has 2 heterocycles. The van der Waals surface area contributed by atoms with Gasteiger partial charge in [-0.1, -0.05) is 6.92 Å². The quantitative estimate of drug-likeness (QED) is 0.866. The first kappa shape index (κ1) is 15.1. The van der Waals surface area contributed by atoms with Gasteiger partial charge in [-0.3, -0.25) is 4.79 Å². The highest BCUT2D eigenvalue weighted by Gasteiger charge is 2.24. The molecule has 0 radical (unpaired) electrons. The predicted molar refractivity (Wildman–Crippen MR) is 73.3 cm³/mol. The molecule has 0 spiro atoms. The minimum atomic E-state index is -0.0279. The molecule has 0 bridgehead atoms. The Morgan fingerprint density at radius 2 is 2.22 bits per heavy atom. The molecule has 1 saturated heterocycles. The minimum Gasteiger partial charge on any atom is -0.466 e. The summed E-state index contributed by atoms with van der Waals surface area (Å²) in [6.07, 6.45) is 1.11. The topological polar surface area (TPSA) is 54.3 Å². The highest BCUT2D eigenvalue weighted by atomic mass is 35.5. The molecule has 102 valence electrons. The summed E-state index contributed by atoms with van der Waals surface area (Å²) < 4.78 is 5.38. The number of hydrogen-bond acceptors (Lipinski definition) is 3. The highest BCUT2D eigenvalue weighted by Crippen LogP contribution is 2.16. The van der Waals surface area contributed by atoms with E-state index >= 15 is 0 Å². The zero-order valence-corrected chi connectivity index (χ0v) is 11.9. The van der Waals surface area contributed by atoms with Gasteiger partial charge in [-0.05, 0) is 38.8 Å². The number of nitrogens with one attached hydrogen (secondary N) is 2. The number of furan rings is 1. The number of piperidine rings is 1. The van der Waals surface area contributed by atoms with Gasteiger partial charge in [0.05, 0.1) is 5.56 Å². The lowest BCUT2D eigenvalue weighted by Gasteiger charge is -2.30. The lowest BCUT2D eigenvalue weighted by atomic mass is 9.94. The van der Waals surface area contributed by atoms with Crippen LogP contribution >= 0.6 is 12.4 Å². The number of rotatable bonds is 2. The average Bonchev–Trinajstić information content (AvgIpc) is 2.61. The van der Waals surface area contributed by atoms with E-state index in [4.69, 9.17) is 4.42 Å². The van der Waals surface area contributed by atoms with Gasteiger partial charge in [-0.2, -0.15) is 0 Å². The van der Waals surface area contributed by atoms with Crippen molar-refractivity contribution < 1.29 is 9.21 Å². The zero-order valence-electron chi connectivity index (χ0n) is 11.1. The fourth-order valence-corrected chi connectivity index (χ4v) is 2.29. The van der Waals surface area contributed by atoms with Crippen LogP contribution < -0.4 is 10.6 Å². The molecule has 18 heavy (non-hydrogen) atoms. The summed E-state index contributed by atoms with van der Waals surface area (Å²) in [5.41, 5.74) is 0.653. The molecule has 2 rings (SSSR count). The van der Waals surface area contributed by atoms with E-state index in [2.05, 4.69) is 17.6 Å². The molecular weight excluding hydrogens is 252 g/mol. The van der Waals surface area contributed by atoms with Crippen LogP contribution in [0.15, 0.2) is 10.5 Å². The van der Waals surface area contributed by atoms with Gasteiger partial charge >= 0.3 is 0 Å². The normalized spacial score (nSPS) is 23.3. The maximum Gasteiger partial charge on any atom is 0.255 e. The number of carbonyl (C=O) groups is 1. The van der Waals surface area contributed by atoms with Crippen LogP contribution in [0.5, 0.6) is 0 Å². The molecule has 1 amide bonds. The number of carbonyl (C=O) groups excluding carboxylic acids is 1. The molecule has 4 nitrogen and oxygen atoms in total. The Hall–Kier alpha value is -1.000. The molecular formula is C13H21ClN2O2. The number of aryl methyl sites for hydroxylation is 2. The summed E-state index contributed by atoms with van der Waals surface area (Å²) in [6, 6.07) is 2.01. The summed E-state index contributed by atoms with van der Waals surface area (Å²) in [5.74, 6) is 1.97. The molecule has 2 atom stereocenters. The summed E-state index contributed by atoms with van der Waals surface area (Å²) >= 11 is 0. The molecule has 2 N–H and O–H groups in total. The van der Waals surface area contributed by atoms with E-state index in [1.165, 1.54) is 0 Å². The Kier molecular flexibility index (Phi) is 5.23. The van der Waals surface area contributed by atoms with E-state index in [1.807, 2.05) is 13.8 Å². The second-order valence-corrected chi connectivity index (χ2v) is 4.88. The van der Waals surface area contributed by atoms with Crippen LogP contribution in [0.2, 0.25) is 0 Å². The summed E-state index contributed by atoms with van der Waals surface area (Å²) in [6.45, 7) is 7.75. The van der Waals surface area contributed by atoms with E-state index in [0.717, 1.165) is 25.3 Å². The fourth-order valence-electron chi connectivity index (χ4n) is 2.29. The van der Waals surface area contributed by atoms with Crippen molar-refractivity contribution in [2.24, 2.45) is 5.92 Å². The van der Waals surface area contributed by atoms with Crippen molar-refractivity contribution in [3.8, 4) is 0 Å². The first-order valence-electron chi connectivity index (χ1n) is 6.16.